The van der Waals surface area contributed by atoms with Gasteiger partial charge in [-0.25, -0.2) is 0 Å². The van der Waals surface area contributed by atoms with Crippen LogP contribution in [-0.4, -0.2) is 36.6 Å². The summed E-state index contributed by atoms with van der Waals surface area (Å²) in [6.07, 6.45) is 0. The topological polar surface area (TPSA) is 93.5 Å². The molecule has 0 aromatic heterocycles. The molecule has 1 aromatic carbocycles. The zero-order valence-electron chi connectivity index (χ0n) is 9.59. The number of morpholine rings is 1. The van der Waals surface area contributed by atoms with Gasteiger partial charge >= 0.3 is 0 Å². The summed E-state index contributed by atoms with van der Waals surface area (Å²) >= 11 is 0. The molecule has 7 nitrogen and oxygen atoms in total. The van der Waals surface area contributed by atoms with Gasteiger partial charge in [0.25, 0.3) is 5.69 Å². The molecule has 0 radical (unpaired) electrons. The number of benzene rings is 1. The highest BCUT2D eigenvalue weighted by Crippen LogP contribution is 2.15. The van der Waals surface area contributed by atoms with Gasteiger partial charge in [-0.2, -0.15) is 0 Å². The average Bonchev–Trinajstić information content (AvgIpc) is 2.40. The van der Waals surface area contributed by atoms with Crippen molar-refractivity contribution >= 4 is 17.3 Å². The summed E-state index contributed by atoms with van der Waals surface area (Å²) in [5.41, 5.74) is 0.519. The maximum atomic E-state index is 11.8. The van der Waals surface area contributed by atoms with Crippen LogP contribution < -0.4 is 10.6 Å². The minimum atomic E-state index is -0.484. The number of non-ortho nitro benzene ring substituents is 1. The molecule has 1 saturated heterocycles. The van der Waals surface area contributed by atoms with E-state index in [0.29, 0.717) is 25.4 Å². The Kier molecular flexibility index (Phi) is 3.85. The Morgan fingerprint density at radius 3 is 2.72 bits per heavy atom. The van der Waals surface area contributed by atoms with E-state index in [2.05, 4.69) is 10.6 Å². The monoisotopic (exact) mass is 251 g/mol. The largest absolute Gasteiger partial charge is 0.378 e. The van der Waals surface area contributed by atoms with Crippen molar-refractivity contribution in [3.63, 3.8) is 0 Å². The minimum Gasteiger partial charge on any atom is -0.378 e. The van der Waals surface area contributed by atoms with Crippen LogP contribution in [0.15, 0.2) is 24.3 Å². The van der Waals surface area contributed by atoms with Gasteiger partial charge in [0, 0.05) is 24.4 Å². The Balaban J connectivity index is 1.96. The molecule has 1 atom stereocenters. The first kappa shape index (κ1) is 12.5. The van der Waals surface area contributed by atoms with E-state index >= 15 is 0 Å². The van der Waals surface area contributed by atoms with Gasteiger partial charge in [0.2, 0.25) is 5.91 Å². The van der Waals surface area contributed by atoms with E-state index in [1.807, 2.05) is 0 Å². The number of ether oxygens (including phenoxy) is 1. The van der Waals surface area contributed by atoms with Gasteiger partial charge in [-0.1, -0.05) is 0 Å². The Morgan fingerprint density at radius 2 is 2.17 bits per heavy atom. The molecule has 1 aliphatic rings. The minimum absolute atomic E-state index is 0.00729. The van der Waals surface area contributed by atoms with E-state index < -0.39 is 4.92 Å². The zero-order chi connectivity index (χ0) is 13.0. The predicted molar refractivity (Wildman–Crippen MR) is 64.3 cm³/mol. The molecule has 0 aliphatic carbocycles. The number of carbonyl (C=O) groups excluding carboxylic acids is 1. The van der Waals surface area contributed by atoms with Crippen LogP contribution in [0, 0.1) is 10.1 Å². The van der Waals surface area contributed by atoms with Gasteiger partial charge in [0.05, 0.1) is 18.1 Å². The van der Waals surface area contributed by atoms with Crippen LogP contribution in [0.5, 0.6) is 0 Å². The highest BCUT2D eigenvalue weighted by Gasteiger charge is 2.21. The first-order chi connectivity index (χ1) is 8.66. The van der Waals surface area contributed by atoms with E-state index in [1.165, 1.54) is 24.3 Å². The molecule has 1 aliphatic heterocycles. The zero-order valence-corrected chi connectivity index (χ0v) is 9.59. The van der Waals surface area contributed by atoms with Crippen LogP contribution in [0.2, 0.25) is 0 Å². The van der Waals surface area contributed by atoms with E-state index in [0.717, 1.165) is 0 Å². The number of carbonyl (C=O) groups is 1. The lowest BCUT2D eigenvalue weighted by atomic mass is 10.2. The maximum absolute atomic E-state index is 11.8. The molecule has 1 amide bonds. The highest BCUT2D eigenvalue weighted by atomic mass is 16.6. The van der Waals surface area contributed by atoms with Crippen molar-refractivity contribution in [1.29, 1.82) is 0 Å². The van der Waals surface area contributed by atoms with Gasteiger partial charge in [0.15, 0.2) is 0 Å². The Hall–Kier alpha value is -1.99. The number of nitrogens with zero attached hydrogens (tertiary/aromatic N) is 1. The number of nitrogens with one attached hydrogen (secondary N) is 2. The number of rotatable bonds is 3. The standard InChI is InChI=1S/C11H13N3O4/c15-11(10-7-18-6-5-12-10)13-8-1-3-9(4-2-8)14(16)17/h1-4,10,12H,5-7H2,(H,13,15). The second-order valence-electron chi connectivity index (χ2n) is 3.87. The summed E-state index contributed by atoms with van der Waals surface area (Å²) in [5.74, 6) is -0.205. The Labute approximate surface area is 103 Å². The van der Waals surface area contributed by atoms with E-state index in [1.54, 1.807) is 0 Å². The molecule has 18 heavy (non-hydrogen) atoms. The number of hydrogen-bond donors (Lipinski definition) is 2. The van der Waals surface area contributed by atoms with Gasteiger partial charge in [-0.15, -0.1) is 0 Å². The van der Waals surface area contributed by atoms with Crippen molar-refractivity contribution in [1.82, 2.24) is 5.32 Å². The van der Waals surface area contributed by atoms with Gasteiger partial charge < -0.3 is 15.4 Å². The third-order valence-corrected chi connectivity index (χ3v) is 2.58. The third kappa shape index (κ3) is 3.02. The molecule has 1 heterocycles. The lowest BCUT2D eigenvalue weighted by molar-refractivity contribution is -0.384. The summed E-state index contributed by atoms with van der Waals surface area (Å²) in [6.45, 7) is 1.57. The maximum Gasteiger partial charge on any atom is 0.269 e. The van der Waals surface area contributed by atoms with Crippen molar-refractivity contribution in [3.05, 3.63) is 34.4 Å². The molecule has 0 bridgehead atoms. The van der Waals surface area contributed by atoms with E-state index in [4.69, 9.17) is 4.74 Å². The van der Waals surface area contributed by atoms with Crippen molar-refractivity contribution in [3.8, 4) is 0 Å². The number of nitro benzene ring substituents is 1. The number of amides is 1. The van der Waals surface area contributed by atoms with Crippen LogP contribution in [0.4, 0.5) is 11.4 Å². The van der Waals surface area contributed by atoms with Crippen molar-refractivity contribution in [2.45, 2.75) is 6.04 Å². The van der Waals surface area contributed by atoms with E-state index in [-0.39, 0.29) is 17.6 Å². The highest BCUT2D eigenvalue weighted by molar-refractivity contribution is 5.95. The smallest absolute Gasteiger partial charge is 0.269 e. The third-order valence-electron chi connectivity index (χ3n) is 2.58. The fourth-order valence-corrected chi connectivity index (χ4v) is 1.63. The lowest BCUT2D eigenvalue weighted by Crippen LogP contribution is -2.48. The quantitative estimate of drug-likeness (QED) is 0.603. The lowest BCUT2D eigenvalue weighted by Gasteiger charge is -2.22. The molecule has 0 spiro atoms. The molecular weight excluding hydrogens is 238 g/mol. The molecule has 7 heteroatoms. The van der Waals surface area contributed by atoms with Crippen LogP contribution in [0.1, 0.15) is 0 Å². The average molecular weight is 251 g/mol. The van der Waals surface area contributed by atoms with Crippen molar-refractivity contribution < 1.29 is 14.5 Å². The molecule has 1 fully saturated rings. The summed E-state index contributed by atoms with van der Waals surface area (Å²) in [4.78, 5) is 21.8. The van der Waals surface area contributed by atoms with Gasteiger partial charge in [0.1, 0.15) is 6.04 Å². The SMILES string of the molecule is O=C(Nc1ccc([N+](=O)[O-])cc1)C1COCCN1. The Morgan fingerprint density at radius 1 is 1.44 bits per heavy atom. The molecule has 96 valence electrons. The van der Waals surface area contributed by atoms with Gasteiger partial charge in [-0.05, 0) is 12.1 Å². The van der Waals surface area contributed by atoms with Crippen LogP contribution in [0.25, 0.3) is 0 Å². The normalized spacial score (nSPS) is 19.2. The fraction of sp³-hybridized carbons (Fsp3) is 0.364. The summed E-state index contributed by atoms with van der Waals surface area (Å²) < 4.78 is 5.18. The molecule has 2 rings (SSSR count). The number of hydrogen-bond acceptors (Lipinski definition) is 5. The van der Waals surface area contributed by atoms with E-state index in [9.17, 15) is 14.9 Å². The number of anilines is 1. The molecule has 1 aromatic rings. The molecule has 2 N–H and O–H groups in total. The van der Waals surface area contributed by atoms with Gasteiger partial charge in [-0.3, -0.25) is 14.9 Å². The summed E-state index contributed by atoms with van der Waals surface area (Å²) in [7, 11) is 0. The van der Waals surface area contributed by atoms with Crippen LogP contribution in [-0.2, 0) is 9.53 Å². The molecule has 1 unspecified atom stereocenters. The summed E-state index contributed by atoms with van der Waals surface area (Å²) in [5, 5.41) is 16.2. The van der Waals surface area contributed by atoms with Crippen LogP contribution >= 0.6 is 0 Å². The Bertz CT molecular complexity index is 440. The first-order valence-electron chi connectivity index (χ1n) is 5.53. The number of nitro groups is 1. The molecular formula is C11H13N3O4. The fourth-order valence-electron chi connectivity index (χ4n) is 1.63. The second-order valence-corrected chi connectivity index (χ2v) is 3.87. The molecule has 0 saturated carbocycles. The second kappa shape index (κ2) is 5.56. The van der Waals surface area contributed by atoms with Crippen LogP contribution in [0.3, 0.4) is 0 Å². The van der Waals surface area contributed by atoms with Crippen molar-refractivity contribution in [2.75, 3.05) is 25.1 Å². The first-order valence-corrected chi connectivity index (χ1v) is 5.53. The predicted octanol–water partition coefficient (Wildman–Crippen LogP) is 0.522. The van der Waals surface area contributed by atoms with Crippen molar-refractivity contribution in [2.24, 2.45) is 0 Å². The summed E-state index contributed by atoms with van der Waals surface area (Å²) in [6, 6.07) is 5.31.